The number of hydrogen-bond acceptors (Lipinski definition) is 7. The highest BCUT2D eigenvalue weighted by Gasteiger charge is 2.33. The predicted molar refractivity (Wildman–Crippen MR) is 110 cm³/mol. The Bertz CT molecular complexity index is 1080. The highest BCUT2D eigenvalue weighted by molar-refractivity contribution is 5.96. The maximum atomic E-state index is 13.1. The van der Waals surface area contributed by atoms with Gasteiger partial charge in [-0.15, -0.1) is 0 Å². The lowest BCUT2D eigenvalue weighted by Crippen LogP contribution is -2.47. The molecule has 1 amide bonds. The van der Waals surface area contributed by atoms with Crippen molar-refractivity contribution in [2.45, 2.75) is 19.4 Å². The molecule has 1 aromatic carbocycles. The first kappa shape index (κ1) is 21.0. The van der Waals surface area contributed by atoms with Gasteiger partial charge in [0.05, 0.1) is 27.6 Å². The molecule has 0 aliphatic rings. The fourth-order valence-corrected chi connectivity index (χ4v) is 2.90. The van der Waals surface area contributed by atoms with Crippen LogP contribution in [0.4, 0.5) is 5.69 Å². The van der Waals surface area contributed by atoms with Crippen LogP contribution in [0.15, 0.2) is 51.9 Å². The third-order valence-corrected chi connectivity index (χ3v) is 4.58. The number of rotatable bonds is 7. The molecule has 0 saturated heterocycles. The number of hydrogen-bond donors (Lipinski definition) is 1. The van der Waals surface area contributed by atoms with E-state index >= 15 is 0 Å². The average molecular weight is 413 g/mol. The van der Waals surface area contributed by atoms with Gasteiger partial charge in [-0.3, -0.25) is 9.59 Å². The van der Waals surface area contributed by atoms with Crippen LogP contribution in [0.5, 0.6) is 17.2 Å². The molecule has 1 N–H and O–H groups in total. The summed E-state index contributed by atoms with van der Waals surface area (Å²) in [7, 11) is 4.46. The van der Waals surface area contributed by atoms with Gasteiger partial charge in [0.1, 0.15) is 11.2 Å². The molecule has 2 heterocycles. The minimum atomic E-state index is -1.31. The Labute approximate surface area is 173 Å². The largest absolute Gasteiger partial charge is 0.493 e. The van der Waals surface area contributed by atoms with Crippen LogP contribution in [-0.2, 0) is 10.3 Å². The Morgan fingerprint density at radius 3 is 2.27 bits per heavy atom. The molecule has 0 atom stereocenters. The molecule has 0 bridgehead atoms. The summed E-state index contributed by atoms with van der Waals surface area (Å²) < 4.78 is 22.4. The van der Waals surface area contributed by atoms with E-state index in [-0.39, 0.29) is 0 Å². The number of furan rings is 1. The van der Waals surface area contributed by atoms with Gasteiger partial charge >= 0.3 is 0 Å². The number of carbonyl (C=O) groups excluding carboxylic acids is 1. The first-order valence-corrected chi connectivity index (χ1v) is 9.08. The van der Waals surface area contributed by atoms with Crippen LogP contribution in [-0.4, -0.2) is 37.0 Å². The van der Waals surface area contributed by atoms with Gasteiger partial charge in [0, 0.05) is 23.9 Å². The topological polar surface area (TPSA) is 105 Å². The Kier molecular flexibility index (Phi) is 5.81. The van der Waals surface area contributed by atoms with Crippen molar-refractivity contribution in [1.29, 1.82) is 0 Å². The van der Waals surface area contributed by atoms with Gasteiger partial charge < -0.3 is 23.9 Å². The first-order chi connectivity index (χ1) is 14.3. The highest BCUT2D eigenvalue weighted by atomic mass is 16.5. The van der Waals surface area contributed by atoms with E-state index in [2.05, 4.69) is 10.4 Å². The molecule has 3 rings (SSSR count). The Morgan fingerprint density at radius 2 is 1.73 bits per heavy atom. The summed E-state index contributed by atoms with van der Waals surface area (Å²) >= 11 is 0. The number of carbonyl (C=O) groups is 1. The first-order valence-electron chi connectivity index (χ1n) is 9.08. The lowest BCUT2D eigenvalue weighted by atomic mass is 10.0. The summed E-state index contributed by atoms with van der Waals surface area (Å²) in [5.74, 6) is 1.22. The van der Waals surface area contributed by atoms with E-state index < -0.39 is 17.0 Å². The van der Waals surface area contributed by atoms with Gasteiger partial charge in [-0.1, -0.05) is 0 Å². The second-order valence-electron chi connectivity index (χ2n) is 6.87. The zero-order valence-corrected chi connectivity index (χ0v) is 17.4. The van der Waals surface area contributed by atoms with Gasteiger partial charge in [-0.2, -0.15) is 5.10 Å². The van der Waals surface area contributed by atoms with Crippen molar-refractivity contribution in [1.82, 2.24) is 9.78 Å². The van der Waals surface area contributed by atoms with Crippen molar-refractivity contribution >= 4 is 11.6 Å². The highest BCUT2D eigenvalue weighted by Crippen LogP contribution is 2.40. The number of amides is 1. The van der Waals surface area contributed by atoms with E-state index in [4.69, 9.17) is 18.6 Å². The third kappa shape index (κ3) is 3.86. The van der Waals surface area contributed by atoms with Gasteiger partial charge in [0.15, 0.2) is 17.3 Å². The van der Waals surface area contributed by atoms with Crippen LogP contribution in [0.1, 0.15) is 13.8 Å². The van der Waals surface area contributed by atoms with Crippen LogP contribution in [0.3, 0.4) is 0 Å². The molecule has 0 radical (unpaired) electrons. The molecule has 0 fully saturated rings. The summed E-state index contributed by atoms with van der Waals surface area (Å²) in [5.41, 5.74) is -0.874. The van der Waals surface area contributed by atoms with E-state index in [1.54, 1.807) is 44.2 Å². The van der Waals surface area contributed by atoms with Gasteiger partial charge in [-0.05, 0) is 32.0 Å². The number of nitrogens with zero attached hydrogens (tertiary/aromatic N) is 2. The van der Waals surface area contributed by atoms with Crippen molar-refractivity contribution in [2.24, 2.45) is 0 Å². The quantitative estimate of drug-likeness (QED) is 0.635. The minimum Gasteiger partial charge on any atom is -0.493 e. The summed E-state index contributed by atoms with van der Waals surface area (Å²) in [6.45, 7) is 3.20. The number of benzene rings is 1. The Hall–Kier alpha value is -3.75. The number of ether oxygens (including phenoxy) is 3. The van der Waals surface area contributed by atoms with E-state index in [1.807, 2.05) is 0 Å². The fourth-order valence-electron chi connectivity index (χ4n) is 2.90. The van der Waals surface area contributed by atoms with E-state index in [1.165, 1.54) is 33.7 Å². The summed E-state index contributed by atoms with van der Waals surface area (Å²) in [6.07, 6.45) is 1.51. The summed E-state index contributed by atoms with van der Waals surface area (Å²) in [6, 6.07) is 9.54. The molecular weight excluding hydrogens is 390 g/mol. The van der Waals surface area contributed by atoms with E-state index in [9.17, 15) is 9.59 Å². The molecule has 0 spiro atoms. The third-order valence-electron chi connectivity index (χ3n) is 4.58. The van der Waals surface area contributed by atoms with Crippen molar-refractivity contribution < 1.29 is 23.4 Å². The van der Waals surface area contributed by atoms with Gasteiger partial charge in [0.25, 0.3) is 11.5 Å². The molecule has 3 aromatic rings. The van der Waals surface area contributed by atoms with Crippen molar-refractivity contribution in [3.05, 3.63) is 53.0 Å². The maximum Gasteiger partial charge on any atom is 0.267 e. The standard InChI is InChI=1S/C21H23N3O6/c1-21(2,24-18(25)9-8-14(23-24)15-7-6-10-30-15)20(26)22-13-11-16(27-3)19(29-5)17(12-13)28-4/h6-12H,1-5H3,(H,22,26). The molecule has 9 nitrogen and oxygen atoms in total. The summed E-state index contributed by atoms with van der Waals surface area (Å²) in [5, 5.41) is 7.11. The zero-order valence-electron chi connectivity index (χ0n) is 17.4. The number of methoxy groups -OCH3 is 3. The monoisotopic (exact) mass is 413 g/mol. The molecular formula is C21H23N3O6. The van der Waals surface area contributed by atoms with Crippen molar-refractivity contribution in [2.75, 3.05) is 26.6 Å². The second-order valence-corrected chi connectivity index (χ2v) is 6.87. The van der Waals surface area contributed by atoms with Crippen LogP contribution in [0.2, 0.25) is 0 Å². The number of aromatic nitrogens is 2. The number of anilines is 1. The van der Waals surface area contributed by atoms with Crippen LogP contribution in [0, 0.1) is 0 Å². The van der Waals surface area contributed by atoms with Crippen LogP contribution < -0.4 is 25.1 Å². The lowest BCUT2D eigenvalue weighted by molar-refractivity contribution is -0.123. The van der Waals surface area contributed by atoms with Crippen molar-refractivity contribution in [3.63, 3.8) is 0 Å². The zero-order chi connectivity index (χ0) is 21.9. The normalized spacial score (nSPS) is 11.1. The Balaban J connectivity index is 1.95. The molecule has 9 heteroatoms. The van der Waals surface area contributed by atoms with Crippen LogP contribution in [0.25, 0.3) is 11.5 Å². The molecule has 0 aliphatic carbocycles. The SMILES string of the molecule is COc1cc(NC(=O)C(C)(C)n2nc(-c3ccco3)ccc2=O)cc(OC)c1OC. The minimum absolute atomic E-state index is 0.389. The molecule has 0 aliphatic heterocycles. The van der Waals surface area contributed by atoms with Crippen LogP contribution >= 0.6 is 0 Å². The molecule has 30 heavy (non-hydrogen) atoms. The maximum absolute atomic E-state index is 13.1. The molecule has 2 aromatic heterocycles. The second kappa shape index (κ2) is 8.32. The molecule has 0 unspecified atom stereocenters. The van der Waals surface area contributed by atoms with Gasteiger partial charge in [-0.25, -0.2) is 4.68 Å². The Morgan fingerprint density at radius 1 is 1.07 bits per heavy atom. The predicted octanol–water partition coefficient (Wildman–Crippen LogP) is 2.90. The van der Waals surface area contributed by atoms with Gasteiger partial charge in [0.2, 0.25) is 5.75 Å². The lowest BCUT2D eigenvalue weighted by Gasteiger charge is -2.25. The van der Waals surface area contributed by atoms with Crippen molar-refractivity contribution in [3.8, 4) is 28.7 Å². The number of nitrogens with one attached hydrogen (secondary N) is 1. The van der Waals surface area contributed by atoms with E-state index in [0.717, 1.165) is 4.68 Å². The fraction of sp³-hybridized carbons (Fsp3) is 0.286. The summed E-state index contributed by atoms with van der Waals surface area (Å²) in [4.78, 5) is 25.6. The average Bonchev–Trinajstić information content (AvgIpc) is 3.27. The molecule has 0 saturated carbocycles. The van der Waals surface area contributed by atoms with E-state index in [0.29, 0.717) is 34.4 Å². The smallest absolute Gasteiger partial charge is 0.267 e. The molecule has 158 valence electrons.